The van der Waals surface area contributed by atoms with Gasteiger partial charge in [0.15, 0.2) is 11.5 Å². The molecule has 5 heteroatoms. The van der Waals surface area contributed by atoms with Gasteiger partial charge in [-0.2, -0.15) is 0 Å². The number of rotatable bonds is 4. The maximum Gasteiger partial charge on any atom is 0.161 e. The monoisotopic (exact) mass is 391 g/mol. The zero-order valence-corrected chi connectivity index (χ0v) is 15.8. The molecule has 0 aromatic heterocycles. The third-order valence-corrected chi connectivity index (χ3v) is 5.35. The molecule has 1 N–H and O–H groups in total. The van der Waals surface area contributed by atoms with E-state index in [4.69, 9.17) is 9.47 Å². The Kier molecular flexibility index (Phi) is 5.01. The Bertz CT molecular complexity index is 748. The van der Waals surface area contributed by atoms with Gasteiger partial charge in [0, 0.05) is 12.6 Å². The van der Waals surface area contributed by atoms with E-state index < -0.39 is 0 Å². The Balaban J connectivity index is 1.98. The molecule has 0 fully saturated rings. The van der Waals surface area contributed by atoms with Gasteiger partial charge in [-0.1, -0.05) is 6.07 Å². The quantitative estimate of drug-likeness (QED) is 0.856. The van der Waals surface area contributed by atoms with E-state index in [2.05, 4.69) is 40.0 Å². The predicted octanol–water partition coefficient (Wildman–Crippen LogP) is 3.94. The fourth-order valence-electron chi connectivity index (χ4n) is 3.32. The summed E-state index contributed by atoms with van der Waals surface area (Å²) in [5.74, 6) is 1.82. The van der Waals surface area contributed by atoms with E-state index >= 15 is 0 Å². The van der Waals surface area contributed by atoms with Crippen LogP contribution < -0.4 is 9.47 Å². The first-order valence-corrected chi connectivity index (χ1v) is 8.75. The summed E-state index contributed by atoms with van der Waals surface area (Å²) in [4.78, 5) is 2.37. The summed E-state index contributed by atoms with van der Waals surface area (Å²) in [7, 11) is 5.49. The molecule has 0 aliphatic carbocycles. The third kappa shape index (κ3) is 3.23. The summed E-state index contributed by atoms with van der Waals surface area (Å²) in [6.45, 7) is 1.01. The molecule has 1 heterocycles. The number of likely N-dealkylation sites (N-methyl/N-ethyl adjacent to an activating group) is 1. The van der Waals surface area contributed by atoms with Gasteiger partial charge < -0.3 is 14.6 Å². The van der Waals surface area contributed by atoms with Gasteiger partial charge in [-0.25, -0.2) is 0 Å². The third-order valence-electron chi connectivity index (χ3n) is 4.71. The number of aromatic hydroxyl groups is 1. The molecule has 128 valence electrons. The van der Waals surface area contributed by atoms with Crippen molar-refractivity contribution in [2.75, 3.05) is 27.8 Å². The van der Waals surface area contributed by atoms with Crippen molar-refractivity contribution in [1.29, 1.82) is 0 Å². The van der Waals surface area contributed by atoms with Crippen molar-refractivity contribution in [2.24, 2.45) is 0 Å². The minimum absolute atomic E-state index is 0.266. The van der Waals surface area contributed by atoms with Crippen molar-refractivity contribution in [1.82, 2.24) is 4.90 Å². The van der Waals surface area contributed by atoms with Gasteiger partial charge in [0.1, 0.15) is 5.75 Å². The lowest BCUT2D eigenvalue weighted by atomic mass is 9.88. The summed E-state index contributed by atoms with van der Waals surface area (Å²) < 4.78 is 11.7. The van der Waals surface area contributed by atoms with Crippen LogP contribution in [-0.2, 0) is 12.8 Å². The second-order valence-corrected chi connectivity index (χ2v) is 7.00. The average molecular weight is 392 g/mol. The van der Waals surface area contributed by atoms with E-state index in [-0.39, 0.29) is 11.8 Å². The fourth-order valence-corrected chi connectivity index (χ4v) is 3.75. The van der Waals surface area contributed by atoms with Gasteiger partial charge in [-0.3, -0.25) is 4.90 Å². The summed E-state index contributed by atoms with van der Waals surface area (Å²) in [6, 6.07) is 10.2. The Hall–Kier alpha value is -1.72. The van der Waals surface area contributed by atoms with Crippen LogP contribution >= 0.6 is 15.9 Å². The molecule has 0 radical (unpaired) electrons. The van der Waals surface area contributed by atoms with Crippen LogP contribution in [0.1, 0.15) is 22.7 Å². The molecule has 3 rings (SSSR count). The number of halogens is 1. The molecule has 1 aliphatic heterocycles. The van der Waals surface area contributed by atoms with Crippen molar-refractivity contribution in [3.63, 3.8) is 0 Å². The molecule has 0 bridgehead atoms. The number of nitrogens with zero attached hydrogens (tertiary/aromatic N) is 1. The number of hydrogen-bond acceptors (Lipinski definition) is 4. The standard InChI is InChI=1S/C19H22BrNO3/c1-21-7-6-13-10-18(23-2)19(24-3)11-14(13)16(21)9-12-4-5-17(22)15(20)8-12/h4-5,8,10-11,16,22H,6-7,9H2,1-3H3. The maximum atomic E-state index is 9.70. The summed E-state index contributed by atoms with van der Waals surface area (Å²) >= 11 is 3.40. The van der Waals surface area contributed by atoms with Crippen molar-refractivity contribution < 1.29 is 14.6 Å². The summed E-state index contributed by atoms with van der Waals surface area (Å²) in [5, 5.41) is 9.70. The van der Waals surface area contributed by atoms with Crippen LogP contribution in [-0.4, -0.2) is 37.8 Å². The van der Waals surface area contributed by atoms with E-state index in [1.807, 2.05) is 12.1 Å². The molecule has 1 aliphatic rings. The van der Waals surface area contributed by atoms with Crippen molar-refractivity contribution >= 4 is 15.9 Å². The number of hydrogen-bond donors (Lipinski definition) is 1. The van der Waals surface area contributed by atoms with Gasteiger partial charge in [0.25, 0.3) is 0 Å². The second kappa shape index (κ2) is 7.03. The topological polar surface area (TPSA) is 41.9 Å². The maximum absolute atomic E-state index is 9.70. The fraction of sp³-hybridized carbons (Fsp3) is 0.368. The highest BCUT2D eigenvalue weighted by molar-refractivity contribution is 9.10. The lowest BCUT2D eigenvalue weighted by Gasteiger charge is -2.35. The Morgan fingerprint density at radius 3 is 2.54 bits per heavy atom. The van der Waals surface area contributed by atoms with Crippen LogP contribution in [0, 0.1) is 0 Å². The second-order valence-electron chi connectivity index (χ2n) is 6.14. The van der Waals surface area contributed by atoms with Gasteiger partial charge in [-0.05, 0) is 76.8 Å². The van der Waals surface area contributed by atoms with Gasteiger partial charge in [0.05, 0.1) is 18.7 Å². The molecular weight excluding hydrogens is 370 g/mol. The molecule has 2 aromatic carbocycles. The van der Waals surface area contributed by atoms with Gasteiger partial charge >= 0.3 is 0 Å². The first kappa shape index (κ1) is 17.1. The molecule has 24 heavy (non-hydrogen) atoms. The van der Waals surface area contributed by atoms with E-state index in [9.17, 15) is 5.11 Å². The number of methoxy groups -OCH3 is 2. The molecule has 1 unspecified atom stereocenters. The van der Waals surface area contributed by atoms with E-state index in [0.29, 0.717) is 0 Å². The largest absolute Gasteiger partial charge is 0.507 e. The molecule has 0 saturated carbocycles. The van der Waals surface area contributed by atoms with Crippen LogP contribution in [0.25, 0.3) is 0 Å². The van der Waals surface area contributed by atoms with E-state index in [1.165, 1.54) is 16.7 Å². The smallest absolute Gasteiger partial charge is 0.161 e. The highest BCUT2D eigenvalue weighted by atomic mass is 79.9. The lowest BCUT2D eigenvalue weighted by Crippen LogP contribution is -2.33. The number of phenolic OH excluding ortho intramolecular Hbond substituents is 1. The number of ether oxygens (including phenoxy) is 2. The van der Waals surface area contributed by atoms with Crippen molar-refractivity contribution in [3.8, 4) is 17.2 Å². The minimum atomic E-state index is 0.266. The molecule has 0 saturated heterocycles. The van der Waals surface area contributed by atoms with Gasteiger partial charge in [-0.15, -0.1) is 0 Å². The first-order valence-electron chi connectivity index (χ1n) is 7.96. The van der Waals surface area contributed by atoms with E-state index in [1.54, 1.807) is 20.3 Å². The molecule has 0 spiro atoms. The molecule has 1 atom stereocenters. The van der Waals surface area contributed by atoms with Crippen molar-refractivity contribution in [2.45, 2.75) is 18.9 Å². The Morgan fingerprint density at radius 1 is 1.17 bits per heavy atom. The Morgan fingerprint density at radius 2 is 1.88 bits per heavy atom. The summed E-state index contributed by atoms with van der Waals surface area (Å²) in [6.07, 6.45) is 1.87. The van der Waals surface area contributed by atoms with Crippen LogP contribution in [0.3, 0.4) is 0 Å². The molecular formula is C19H22BrNO3. The zero-order chi connectivity index (χ0) is 17.3. The predicted molar refractivity (Wildman–Crippen MR) is 98.1 cm³/mol. The van der Waals surface area contributed by atoms with Crippen LogP contribution in [0.5, 0.6) is 17.2 Å². The first-order chi connectivity index (χ1) is 11.5. The highest BCUT2D eigenvalue weighted by Gasteiger charge is 2.27. The van der Waals surface area contributed by atoms with E-state index in [0.717, 1.165) is 35.4 Å². The van der Waals surface area contributed by atoms with Gasteiger partial charge in [0.2, 0.25) is 0 Å². The van der Waals surface area contributed by atoms with Crippen LogP contribution in [0.4, 0.5) is 0 Å². The number of fused-ring (bicyclic) bond motifs is 1. The molecule has 0 amide bonds. The molecule has 2 aromatic rings. The lowest BCUT2D eigenvalue weighted by molar-refractivity contribution is 0.228. The Labute approximate surface area is 151 Å². The van der Waals surface area contributed by atoms with Crippen LogP contribution in [0.15, 0.2) is 34.8 Å². The summed E-state index contributed by atoms with van der Waals surface area (Å²) in [5.41, 5.74) is 3.78. The average Bonchev–Trinajstić information content (AvgIpc) is 2.59. The normalized spacial score (nSPS) is 17.4. The number of phenols is 1. The molecule has 4 nitrogen and oxygen atoms in total. The SMILES string of the molecule is COc1cc2c(cc1OC)C(Cc1ccc(O)c(Br)c1)N(C)CC2. The highest BCUT2D eigenvalue weighted by Crippen LogP contribution is 2.39. The van der Waals surface area contributed by atoms with Crippen LogP contribution in [0.2, 0.25) is 0 Å². The van der Waals surface area contributed by atoms with Crippen molar-refractivity contribution in [3.05, 3.63) is 51.5 Å². The minimum Gasteiger partial charge on any atom is -0.507 e. The zero-order valence-electron chi connectivity index (χ0n) is 14.2. The number of benzene rings is 2.